The number of carbonyl (C=O) groups is 1. The molecule has 2 rings (SSSR count). The van der Waals surface area contributed by atoms with Crippen LogP contribution in [-0.2, 0) is 11.3 Å². The molecule has 0 aromatic carbocycles. The van der Waals surface area contributed by atoms with Crippen LogP contribution in [0.3, 0.4) is 0 Å². The van der Waals surface area contributed by atoms with Crippen LogP contribution < -0.4 is 5.73 Å². The lowest BCUT2D eigenvalue weighted by atomic mass is 10.3. The largest absolute Gasteiger partial charge is 0.468 e. The van der Waals surface area contributed by atoms with Crippen LogP contribution in [-0.4, -0.2) is 48.4 Å². The van der Waals surface area contributed by atoms with E-state index in [1.165, 1.54) is 0 Å². The molecule has 0 saturated carbocycles. The fourth-order valence-corrected chi connectivity index (χ4v) is 1.95. The lowest BCUT2D eigenvalue weighted by Gasteiger charge is -2.33. The molecule has 1 fully saturated rings. The van der Waals surface area contributed by atoms with Gasteiger partial charge in [0.25, 0.3) is 0 Å². The Morgan fingerprint density at radius 1 is 1.31 bits per heavy atom. The van der Waals surface area contributed by atoms with Crippen molar-refractivity contribution in [2.75, 3.05) is 32.7 Å². The molecule has 2 N–H and O–H groups in total. The van der Waals surface area contributed by atoms with Gasteiger partial charge in [0.05, 0.1) is 19.4 Å². The highest BCUT2D eigenvalue weighted by atomic mass is 16.3. The van der Waals surface area contributed by atoms with E-state index in [4.69, 9.17) is 10.2 Å². The summed E-state index contributed by atoms with van der Waals surface area (Å²) in [5, 5.41) is 0. The molecule has 0 unspecified atom stereocenters. The zero-order valence-corrected chi connectivity index (χ0v) is 9.26. The number of nitrogens with two attached hydrogens (primary N) is 1. The Morgan fingerprint density at radius 3 is 2.56 bits per heavy atom. The fourth-order valence-electron chi connectivity index (χ4n) is 1.95. The quantitative estimate of drug-likeness (QED) is 0.773. The van der Waals surface area contributed by atoms with Gasteiger partial charge < -0.3 is 10.2 Å². The molecule has 1 aromatic heterocycles. The standard InChI is InChI=1S/C11H17N3O2/c12-11(15)9-14-5-3-13(4-6-14)8-10-2-1-7-16-10/h1-2,7H,3-6,8-9H2,(H2,12,15). The average Bonchev–Trinajstić information content (AvgIpc) is 2.73. The monoisotopic (exact) mass is 223 g/mol. The molecule has 88 valence electrons. The van der Waals surface area contributed by atoms with Gasteiger partial charge in [0.2, 0.25) is 5.91 Å². The SMILES string of the molecule is NC(=O)CN1CCN(Cc2ccco2)CC1. The second-order valence-corrected chi connectivity index (χ2v) is 4.10. The molecule has 1 aliphatic heterocycles. The first kappa shape index (κ1) is 11.2. The average molecular weight is 223 g/mol. The topological polar surface area (TPSA) is 62.7 Å². The highest BCUT2D eigenvalue weighted by Crippen LogP contribution is 2.08. The number of piperazine rings is 1. The Morgan fingerprint density at radius 2 is 2.00 bits per heavy atom. The van der Waals surface area contributed by atoms with Crippen molar-refractivity contribution in [1.82, 2.24) is 9.80 Å². The number of furan rings is 1. The first-order valence-electron chi connectivity index (χ1n) is 5.49. The van der Waals surface area contributed by atoms with Crippen molar-refractivity contribution < 1.29 is 9.21 Å². The van der Waals surface area contributed by atoms with Crippen molar-refractivity contribution >= 4 is 5.91 Å². The van der Waals surface area contributed by atoms with Crippen molar-refractivity contribution in [2.24, 2.45) is 5.73 Å². The molecule has 0 atom stereocenters. The Hall–Kier alpha value is -1.33. The van der Waals surface area contributed by atoms with Crippen molar-refractivity contribution in [2.45, 2.75) is 6.54 Å². The maximum absolute atomic E-state index is 10.8. The van der Waals surface area contributed by atoms with Gasteiger partial charge in [-0.2, -0.15) is 0 Å². The summed E-state index contributed by atoms with van der Waals surface area (Å²) in [5.41, 5.74) is 5.16. The first-order chi connectivity index (χ1) is 7.74. The molecule has 1 amide bonds. The van der Waals surface area contributed by atoms with Gasteiger partial charge in [-0.25, -0.2) is 0 Å². The molecule has 5 heteroatoms. The smallest absolute Gasteiger partial charge is 0.231 e. The minimum atomic E-state index is -0.250. The van der Waals surface area contributed by atoms with E-state index >= 15 is 0 Å². The fraction of sp³-hybridized carbons (Fsp3) is 0.545. The van der Waals surface area contributed by atoms with Gasteiger partial charge in [0.15, 0.2) is 0 Å². The van der Waals surface area contributed by atoms with Gasteiger partial charge in [0.1, 0.15) is 5.76 Å². The summed E-state index contributed by atoms with van der Waals surface area (Å²) in [6, 6.07) is 3.88. The maximum atomic E-state index is 10.8. The van der Waals surface area contributed by atoms with Crippen molar-refractivity contribution in [3.8, 4) is 0 Å². The molecule has 16 heavy (non-hydrogen) atoms. The molecule has 1 saturated heterocycles. The summed E-state index contributed by atoms with van der Waals surface area (Å²) in [4.78, 5) is 15.2. The molecule has 2 heterocycles. The van der Waals surface area contributed by atoms with Crippen molar-refractivity contribution in [1.29, 1.82) is 0 Å². The predicted octanol–water partition coefficient (Wildman–Crippen LogP) is -0.117. The maximum Gasteiger partial charge on any atom is 0.231 e. The minimum absolute atomic E-state index is 0.250. The Kier molecular flexibility index (Phi) is 3.58. The van der Waals surface area contributed by atoms with E-state index in [-0.39, 0.29) is 5.91 Å². The summed E-state index contributed by atoms with van der Waals surface area (Å²) in [6.45, 7) is 4.90. The number of amides is 1. The third kappa shape index (κ3) is 3.08. The highest BCUT2D eigenvalue weighted by molar-refractivity contribution is 5.75. The Bertz CT molecular complexity index is 329. The van der Waals surface area contributed by atoms with E-state index in [1.54, 1.807) is 6.26 Å². The third-order valence-corrected chi connectivity index (χ3v) is 2.80. The Labute approximate surface area is 94.8 Å². The molecule has 0 spiro atoms. The van der Waals surface area contributed by atoms with Crippen LogP contribution in [0.4, 0.5) is 0 Å². The summed E-state index contributed by atoms with van der Waals surface area (Å²) >= 11 is 0. The second-order valence-electron chi connectivity index (χ2n) is 4.10. The molecule has 0 radical (unpaired) electrons. The Balaban J connectivity index is 1.75. The van der Waals surface area contributed by atoms with E-state index in [9.17, 15) is 4.79 Å². The van der Waals surface area contributed by atoms with E-state index in [0.717, 1.165) is 38.5 Å². The number of hydrogen-bond donors (Lipinski definition) is 1. The van der Waals surface area contributed by atoms with Crippen LogP contribution in [0.5, 0.6) is 0 Å². The van der Waals surface area contributed by atoms with Gasteiger partial charge in [-0.3, -0.25) is 14.6 Å². The minimum Gasteiger partial charge on any atom is -0.468 e. The second kappa shape index (κ2) is 5.14. The normalized spacial score (nSPS) is 18.8. The van der Waals surface area contributed by atoms with Gasteiger partial charge in [-0.1, -0.05) is 0 Å². The summed E-state index contributed by atoms with van der Waals surface area (Å²) < 4.78 is 5.30. The number of carbonyl (C=O) groups excluding carboxylic acids is 1. The third-order valence-electron chi connectivity index (χ3n) is 2.80. The molecular formula is C11H17N3O2. The van der Waals surface area contributed by atoms with Gasteiger partial charge in [0, 0.05) is 26.2 Å². The number of hydrogen-bond acceptors (Lipinski definition) is 4. The van der Waals surface area contributed by atoms with Crippen LogP contribution in [0.25, 0.3) is 0 Å². The van der Waals surface area contributed by atoms with Crippen LogP contribution in [0.15, 0.2) is 22.8 Å². The molecular weight excluding hydrogens is 206 g/mol. The summed E-state index contributed by atoms with van der Waals surface area (Å²) in [6.07, 6.45) is 1.69. The number of rotatable bonds is 4. The van der Waals surface area contributed by atoms with E-state index < -0.39 is 0 Å². The molecule has 1 aromatic rings. The highest BCUT2D eigenvalue weighted by Gasteiger charge is 2.18. The number of primary amides is 1. The number of nitrogens with zero attached hydrogens (tertiary/aromatic N) is 2. The summed E-state index contributed by atoms with van der Waals surface area (Å²) in [7, 11) is 0. The molecule has 5 nitrogen and oxygen atoms in total. The zero-order chi connectivity index (χ0) is 11.4. The van der Waals surface area contributed by atoms with Crippen LogP contribution in [0.1, 0.15) is 5.76 Å². The molecule has 0 aliphatic carbocycles. The lowest BCUT2D eigenvalue weighted by molar-refractivity contribution is -0.119. The van der Waals surface area contributed by atoms with E-state index in [1.807, 2.05) is 12.1 Å². The van der Waals surface area contributed by atoms with Gasteiger partial charge in [-0.15, -0.1) is 0 Å². The van der Waals surface area contributed by atoms with Crippen LogP contribution >= 0.6 is 0 Å². The molecule has 1 aliphatic rings. The van der Waals surface area contributed by atoms with Crippen LogP contribution in [0, 0.1) is 0 Å². The van der Waals surface area contributed by atoms with E-state index in [2.05, 4.69) is 9.80 Å². The van der Waals surface area contributed by atoms with Gasteiger partial charge in [-0.05, 0) is 12.1 Å². The lowest BCUT2D eigenvalue weighted by Crippen LogP contribution is -2.48. The van der Waals surface area contributed by atoms with Crippen LogP contribution in [0.2, 0.25) is 0 Å². The first-order valence-corrected chi connectivity index (χ1v) is 5.49. The van der Waals surface area contributed by atoms with Crippen molar-refractivity contribution in [3.63, 3.8) is 0 Å². The predicted molar refractivity (Wildman–Crippen MR) is 59.6 cm³/mol. The summed E-state index contributed by atoms with van der Waals surface area (Å²) in [5.74, 6) is 0.739. The van der Waals surface area contributed by atoms with Crippen molar-refractivity contribution in [3.05, 3.63) is 24.2 Å². The molecule has 0 bridgehead atoms. The van der Waals surface area contributed by atoms with Gasteiger partial charge >= 0.3 is 0 Å². The van der Waals surface area contributed by atoms with E-state index in [0.29, 0.717) is 6.54 Å². The zero-order valence-electron chi connectivity index (χ0n) is 9.26.